The highest BCUT2D eigenvalue weighted by molar-refractivity contribution is 6.12. The molecule has 2 fully saturated rings. The van der Waals surface area contributed by atoms with Crippen LogP contribution in [0.25, 0.3) is 0 Å². The molecule has 0 saturated heterocycles. The zero-order chi connectivity index (χ0) is 24.8. The highest BCUT2D eigenvalue weighted by Crippen LogP contribution is 2.76. The standard InChI is InChI=1S/C24H24O10/c1-31-18(27)22(19(28)32-2)7-11-12(8-22)15-17(26)14(11)16-13(25)5-10-6-23(20(29)33-3,21(30)34-4)9-24(10,15)16/h5,14-16H,6-9H2,1-4H3. The average molecular weight is 472 g/mol. The average Bonchev–Trinajstić information content (AvgIpc) is 3.56. The summed E-state index contributed by atoms with van der Waals surface area (Å²) in [6, 6.07) is 0. The summed E-state index contributed by atoms with van der Waals surface area (Å²) in [5, 5.41) is 0. The van der Waals surface area contributed by atoms with E-state index in [-0.39, 0.29) is 37.2 Å². The Morgan fingerprint density at radius 3 is 1.79 bits per heavy atom. The number of carbonyl (C=O) groups excluding carboxylic acids is 6. The van der Waals surface area contributed by atoms with Gasteiger partial charge in [-0.1, -0.05) is 16.7 Å². The number of esters is 4. The van der Waals surface area contributed by atoms with Crippen molar-refractivity contribution >= 4 is 35.4 Å². The van der Waals surface area contributed by atoms with Crippen LogP contribution in [0.3, 0.4) is 0 Å². The van der Waals surface area contributed by atoms with Gasteiger partial charge in [-0.25, -0.2) is 0 Å². The number of hydrogen-bond donors (Lipinski definition) is 0. The molecule has 0 aliphatic heterocycles. The molecule has 0 aromatic carbocycles. The number of rotatable bonds is 4. The molecule has 0 aromatic rings. The lowest BCUT2D eigenvalue weighted by atomic mass is 9.62. The molecule has 0 N–H and O–H groups in total. The maximum atomic E-state index is 13.6. The Morgan fingerprint density at radius 1 is 0.765 bits per heavy atom. The summed E-state index contributed by atoms with van der Waals surface area (Å²) in [5.74, 6) is -6.01. The van der Waals surface area contributed by atoms with Crippen molar-refractivity contribution in [2.24, 2.45) is 34.0 Å². The third-order valence-corrected chi connectivity index (χ3v) is 8.73. The van der Waals surface area contributed by atoms with Crippen LogP contribution in [0.1, 0.15) is 25.7 Å². The van der Waals surface area contributed by atoms with Gasteiger partial charge in [0.2, 0.25) is 0 Å². The molecular formula is C24H24O10. The fraction of sp³-hybridized carbons (Fsp3) is 0.583. The first-order chi connectivity index (χ1) is 16.1. The van der Waals surface area contributed by atoms with Gasteiger partial charge < -0.3 is 18.9 Å². The van der Waals surface area contributed by atoms with E-state index in [0.717, 1.165) is 0 Å². The molecule has 4 atom stereocenters. The third-order valence-electron chi connectivity index (χ3n) is 8.73. The molecule has 180 valence electrons. The quantitative estimate of drug-likeness (QED) is 0.246. The lowest BCUT2D eigenvalue weighted by Gasteiger charge is -2.38. The van der Waals surface area contributed by atoms with E-state index in [9.17, 15) is 28.8 Å². The number of Topliss-reactive ketones (excluding diaryl/α,β-unsaturated/α-hetero) is 1. The van der Waals surface area contributed by atoms with Crippen molar-refractivity contribution in [1.82, 2.24) is 0 Å². The molecular weight excluding hydrogens is 448 g/mol. The topological polar surface area (TPSA) is 139 Å². The molecule has 5 aliphatic rings. The van der Waals surface area contributed by atoms with Gasteiger partial charge in [0.25, 0.3) is 0 Å². The summed E-state index contributed by atoms with van der Waals surface area (Å²) in [5.41, 5.74) is -2.66. The molecule has 5 rings (SSSR count). The van der Waals surface area contributed by atoms with E-state index in [4.69, 9.17) is 18.9 Å². The van der Waals surface area contributed by atoms with Crippen LogP contribution in [0.4, 0.5) is 0 Å². The third kappa shape index (κ3) is 2.22. The zero-order valence-corrected chi connectivity index (χ0v) is 19.2. The number of methoxy groups -OCH3 is 4. The zero-order valence-electron chi connectivity index (χ0n) is 19.2. The molecule has 1 spiro atoms. The van der Waals surface area contributed by atoms with Crippen LogP contribution >= 0.6 is 0 Å². The highest BCUT2D eigenvalue weighted by atomic mass is 16.6. The Morgan fingerprint density at radius 2 is 1.26 bits per heavy atom. The van der Waals surface area contributed by atoms with E-state index in [1.165, 1.54) is 34.5 Å². The SMILES string of the molecule is COC(=O)C1(C(=O)OC)CC2=C(C1)C1C(=O)C2C2C(=O)C=C3CC(C(=O)OC)(C(=O)OC)CC312. The Kier molecular flexibility index (Phi) is 4.54. The number of fused-ring (bicyclic) bond motifs is 5. The minimum absolute atomic E-state index is 0.0665. The van der Waals surface area contributed by atoms with Crippen LogP contribution in [-0.4, -0.2) is 63.9 Å². The molecule has 2 saturated carbocycles. The van der Waals surface area contributed by atoms with Gasteiger partial charge in [0.15, 0.2) is 16.6 Å². The summed E-state index contributed by atoms with van der Waals surface area (Å²) in [7, 11) is 4.68. The maximum absolute atomic E-state index is 13.6. The first-order valence-corrected chi connectivity index (χ1v) is 10.9. The lowest BCUT2D eigenvalue weighted by Crippen LogP contribution is -2.43. The van der Waals surface area contributed by atoms with Crippen molar-refractivity contribution in [2.45, 2.75) is 25.7 Å². The van der Waals surface area contributed by atoms with Crippen molar-refractivity contribution in [3.63, 3.8) is 0 Å². The molecule has 0 amide bonds. The highest BCUT2D eigenvalue weighted by Gasteiger charge is 2.79. The fourth-order valence-electron chi connectivity index (χ4n) is 7.62. The van der Waals surface area contributed by atoms with Crippen LogP contribution in [0.5, 0.6) is 0 Å². The number of hydrogen-bond acceptors (Lipinski definition) is 10. The molecule has 0 aromatic heterocycles. The molecule has 10 heteroatoms. The molecule has 5 aliphatic carbocycles. The van der Waals surface area contributed by atoms with Gasteiger partial charge in [0, 0.05) is 17.3 Å². The van der Waals surface area contributed by atoms with Gasteiger partial charge in [0.05, 0.1) is 34.4 Å². The van der Waals surface area contributed by atoms with Crippen LogP contribution in [0.2, 0.25) is 0 Å². The molecule has 10 nitrogen and oxygen atoms in total. The van der Waals surface area contributed by atoms with Crippen LogP contribution in [0, 0.1) is 34.0 Å². The maximum Gasteiger partial charge on any atom is 0.323 e. The Hall–Kier alpha value is -3.30. The molecule has 2 bridgehead atoms. The second-order valence-electron chi connectivity index (χ2n) is 9.79. The van der Waals surface area contributed by atoms with E-state index in [0.29, 0.717) is 16.7 Å². The van der Waals surface area contributed by atoms with Crippen molar-refractivity contribution in [2.75, 3.05) is 28.4 Å². The van der Waals surface area contributed by atoms with E-state index >= 15 is 0 Å². The lowest BCUT2D eigenvalue weighted by molar-refractivity contribution is -0.170. The van der Waals surface area contributed by atoms with Gasteiger partial charge in [-0.2, -0.15) is 0 Å². The molecule has 4 unspecified atom stereocenters. The second-order valence-corrected chi connectivity index (χ2v) is 9.79. The van der Waals surface area contributed by atoms with Crippen LogP contribution < -0.4 is 0 Å². The van der Waals surface area contributed by atoms with Gasteiger partial charge in [0.1, 0.15) is 5.78 Å². The molecule has 0 heterocycles. The smallest absolute Gasteiger partial charge is 0.323 e. The minimum atomic E-state index is -1.68. The van der Waals surface area contributed by atoms with E-state index < -0.39 is 57.9 Å². The van der Waals surface area contributed by atoms with Crippen molar-refractivity contribution in [3.05, 3.63) is 22.8 Å². The first kappa shape index (κ1) is 22.5. The summed E-state index contributed by atoms with van der Waals surface area (Å²) in [4.78, 5) is 77.9. The molecule has 34 heavy (non-hydrogen) atoms. The number of carbonyl (C=O) groups is 6. The Labute approximate surface area is 194 Å². The predicted molar refractivity (Wildman–Crippen MR) is 109 cm³/mol. The molecule has 0 radical (unpaired) electrons. The first-order valence-electron chi connectivity index (χ1n) is 10.9. The van der Waals surface area contributed by atoms with Gasteiger partial charge in [-0.3, -0.25) is 28.8 Å². The Balaban J connectivity index is 1.64. The van der Waals surface area contributed by atoms with Crippen LogP contribution in [-0.2, 0) is 47.7 Å². The normalized spacial score (nSPS) is 33.2. The minimum Gasteiger partial charge on any atom is -0.468 e. The van der Waals surface area contributed by atoms with E-state index in [1.807, 2.05) is 0 Å². The fourth-order valence-corrected chi connectivity index (χ4v) is 7.62. The van der Waals surface area contributed by atoms with Gasteiger partial charge >= 0.3 is 23.9 Å². The summed E-state index contributed by atoms with van der Waals surface area (Å²) in [6.45, 7) is 0. The van der Waals surface area contributed by atoms with Crippen molar-refractivity contribution in [3.8, 4) is 0 Å². The van der Waals surface area contributed by atoms with Gasteiger partial charge in [-0.05, 0) is 31.8 Å². The van der Waals surface area contributed by atoms with Crippen LogP contribution in [0.15, 0.2) is 22.8 Å². The second kappa shape index (κ2) is 6.86. The number of allylic oxidation sites excluding steroid dienone is 4. The largest absolute Gasteiger partial charge is 0.468 e. The van der Waals surface area contributed by atoms with E-state index in [2.05, 4.69) is 0 Å². The summed E-state index contributed by atoms with van der Waals surface area (Å²) in [6.07, 6.45) is 1.10. The van der Waals surface area contributed by atoms with Gasteiger partial charge in [-0.15, -0.1) is 0 Å². The van der Waals surface area contributed by atoms with E-state index in [1.54, 1.807) is 0 Å². The number of ether oxygens (including phenoxy) is 4. The van der Waals surface area contributed by atoms with Crippen molar-refractivity contribution in [1.29, 1.82) is 0 Å². The number of ketones is 2. The van der Waals surface area contributed by atoms with Crippen molar-refractivity contribution < 1.29 is 47.7 Å². The predicted octanol–water partition coefficient (Wildman–Crippen LogP) is 0.476. The summed E-state index contributed by atoms with van der Waals surface area (Å²) < 4.78 is 19.7. The Bertz CT molecular complexity index is 1120. The summed E-state index contributed by atoms with van der Waals surface area (Å²) >= 11 is 0. The monoisotopic (exact) mass is 472 g/mol.